The molecule has 0 aliphatic carbocycles. The summed E-state index contributed by atoms with van der Waals surface area (Å²) >= 11 is 0. The first kappa shape index (κ1) is 17.3. The van der Waals surface area contributed by atoms with Crippen molar-refractivity contribution in [3.05, 3.63) is 66.1 Å². The zero-order valence-electron chi connectivity index (χ0n) is 15.8. The number of fused-ring (bicyclic) bond motifs is 1. The molecule has 28 heavy (non-hydrogen) atoms. The maximum Gasteiger partial charge on any atom is 0.122 e. The number of hydrogen-bond acceptors (Lipinski definition) is 4. The minimum absolute atomic E-state index is 0.211. The second-order valence-electron chi connectivity index (χ2n) is 7.45. The molecule has 2 aliphatic heterocycles. The average molecular weight is 376 g/mol. The Kier molecular flexibility index (Phi) is 4.75. The number of nitrogens with zero attached hydrogens (tertiary/aromatic N) is 1. The first-order valence-electron chi connectivity index (χ1n) is 9.96. The third kappa shape index (κ3) is 3.62. The van der Waals surface area contributed by atoms with E-state index in [0.29, 0.717) is 6.61 Å². The Hall–Kier alpha value is -2.79. The number of hydrogen-bond donors (Lipinski definition) is 1. The quantitative estimate of drug-likeness (QED) is 0.735. The first-order chi connectivity index (χ1) is 13.8. The largest absolute Gasteiger partial charge is 0.493 e. The fourth-order valence-electron chi connectivity index (χ4n) is 3.91. The minimum atomic E-state index is 0.211. The molecule has 1 unspecified atom stereocenters. The highest BCUT2D eigenvalue weighted by molar-refractivity contribution is 5.58. The van der Waals surface area contributed by atoms with Crippen LogP contribution in [-0.2, 0) is 11.2 Å². The van der Waals surface area contributed by atoms with Crippen LogP contribution in [0.5, 0.6) is 11.5 Å². The van der Waals surface area contributed by atoms with Crippen LogP contribution < -0.4 is 9.47 Å². The van der Waals surface area contributed by atoms with E-state index in [-0.39, 0.29) is 12.0 Å². The molecule has 5 rings (SSSR count). The van der Waals surface area contributed by atoms with Gasteiger partial charge in [0.05, 0.1) is 31.4 Å². The lowest BCUT2D eigenvalue weighted by molar-refractivity contribution is 0.0255. The number of ether oxygens (including phenoxy) is 3. The van der Waals surface area contributed by atoms with Gasteiger partial charge in [-0.1, -0.05) is 30.3 Å². The molecule has 0 spiro atoms. The van der Waals surface area contributed by atoms with Crippen LogP contribution in [0.2, 0.25) is 0 Å². The van der Waals surface area contributed by atoms with Crippen molar-refractivity contribution >= 4 is 0 Å². The Morgan fingerprint density at radius 1 is 1.04 bits per heavy atom. The van der Waals surface area contributed by atoms with E-state index in [1.54, 1.807) is 0 Å². The maximum absolute atomic E-state index is 6.17. The molecule has 1 fully saturated rings. The first-order valence-corrected chi connectivity index (χ1v) is 9.96. The predicted molar refractivity (Wildman–Crippen MR) is 107 cm³/mol. The Balaban J connectivity index is 1.31. The van der Waals surface area contributed by atoms with E-state index < -0.39 is 0 Å². The van der Waals surface area contributed by atoms with Crippen LogP contribution in [0.1, 0.15) is 30.1 Å². The fourth-order valence-corrected chi connectivity index (χ4v) is 3.91. The average Bonchev–Trinajstić information content (AvgIpc) is 3.25. The standard InChI is InChI=1S/C23H24N2O3/c1-2-4-16(5-3-1)21-14-24-23(25-21)18-12-17-13-20(6-7-22(17)27-15-18)28-19-8-10-26-11-9-19/h1-7,13-14,18-19H,8-12,15H2,(H,24,25). The number of imidazole rings is 1. The molecule has 3 heterocycles. The Bertz CT molecular complexity index is 932. The lowest BCUT2D eigenvalue weighted by Crippen LogP contribution is -2.26. The number of aromatic amines is 1. The molecule has 3 aromatic rings. The van der Waals surface area contributed by atoms with Gasteiger partial charge in [-0.15, -0.1) is 0 Å². The number of rotatable bonds is 4. The van der Waals surface area contributed by atoms with Gasteiger partial charge >= 0.3 is 0 Å². The van der Waals surface area contributed by atoms with Crippen molar-refractivity contribution in [1.29, 1.82) is 0 Å². The molecule has 2 aliphatic rings. The van der Waals surface area contributed by atoms with Gasteiger partial charge in [-0.05, 0) is 30.2 Å². The number of aromatic nitrogens is 2. The summed E-state index contributed by atoms with van der Waals surface area (Å²) in [4.78, 5) is 8.16. The Morgan fingerprint density at radius 3 is 2.75 bits per heavy atom. The van der Waals surface area contributed by atoms with E-state index in [9.17, 15) is 0 Å². The van der Waals surface area contributed by atoms with Crippen LogP contribution in [0.3, 0.4) is 0 Å². The summed E-state index contributed by atoms with van der Waals surface area (Å²) in [7, 11) is 0. The minimum Gasteiger partial charge on any atom is -0.493 e. The molecule has 0 bridgehead atoms. The smallest absolute Gasteiger partial charge is 0.122 e. The van der Waals surface area contributed by atoms with Crippen molar-refractivity contribution in [3.63, 3.8) is 0 Å². The second-order valence-corrected chi connectivity index (χ2v) is 7.45. The van der Waals surface area contributed by atoms with Crippen molar-refractivity contribution in [2.24, 2.45) is 0 Å². The molecule has 1 saturated heterocycles. The fraction of sp³-hybridized carbons (Fsp3) is 0.348. The molecule has 5 heteroatoms. The van der Waals surface area contributed by atoms with Gasteiger partial charge in [-0.3, -0.25) is 0 Å². The van der Waals surface area contributed by atoms with Gasteiger partial charge in [0.2, 0.25) is 0 Å². The summed E-state index contributed by atoms with van der Waals surface area (Å²) in [6, 6.07) is 16.4. The van der Waals surface area contributed by atoms with E-state index in [1.165, 1.54) is 5.56 Å². The van der Waals surface area contributed by atoms with Gasteiger partial charge in [-0.2, -0.15) is 0 Å². The normalized spacial score (nSPS) is 19.6. The van der Waals surface area contributed by atoms with Crippen molar-refractivity contribution in [2.45, 2.75) is 31.3 Å². The third-order valence-electron chi connectivity index (χ3n) is 5.46. The summed E-state index contributed by atoms with van der Waals surface area (Å²) in [5.41, 5.74) is 3.27. The summed E-state index contributed by atoms with van der Waals surface area (Å²) in [6.45, 7) is 2.20. The van der Waals surface area contributed by atoms with Gasteiger partial charge in [0.15, 0.2) is 0 Å². The van der Waals surface area contributed by atoms with Gasteiger partial charge < -0.3 is 19.2 Å². The molecule has 144 valence electrons. The third-order valence-corrected chi connectivity index (χ3v) is 5.46. The van der Waals surface area contributed by atoms with Crippen molar-refractivity contribution in [1.82, 2.24) is 9.97 Å². The molecule has 1 aromatic heterocycles. The van der Waals surface area contributed by atoms with Crippen LogP contribution in [0.25, 0.3) is 11.3 Å². The molecular weight excluding hydrogens is 352 g/mol. The molecule has 0 saturated carbocycles. The Morgan fingerprint density at radius 2 is 1.89 bits per heavy atom. The summed E-state index contributed by atoms with van der Waals surface area (Å²) in [5.74, 6) is 3.05. The second kappa shape index (κ2) is 7.68. The monoisotopic (exact) mass is 376 g/mol. The molecular formula is C23H24N2O3. The van der Waals surface area contributed by atoms with E-state index in [1.807, 2.05) is 36.5 Å². The zero-order chi connectivity index (χ0) is 18.8. The van der Waals surface area contributed by atoms with E-state index in [2.05, 4.69) is 23.2 Å². The van der Waals surface area contributed by atoms with Crippen LogP contribution in [0, 0.1) is 0 Å². The van der Waals surface area contributed by atoms with Crippen LogP contribution in [0.4, 0.5) is 0 Å². The summed E-state index contributed by atoms with van der Waals surface area (Å²) < 4.78 is 17.6. The number of H-pyrrole nitrogens is 1. The van der Waals surface area contributed by atoms with E-state index in [4.69, 9.17) is 19.2 Å². The lowest BCUT2D eigenvalue weighted by Gasteiger charge is -2.26. The van der Waals surface area contributed by atoms with Gasteiger partial charge in [0, 0.05) is 24.6 Å². The summed E-state index contributed by atoms with van der Waals surface area (Å²) in [6.07, 6.45) is 5.01. The predicted octanol–water partition coefficient (Wildman–Crippen LogP) is 4.35. The van der Waals surface area contributed by atoms with Crippen molar-refractivity contribution in [3.8, 4) is 22.8 Å². The van der Waals surface area contributed by atoms with Gasteiger partial charge in [-0.25, -0.2) is 4.98 Å². The highest BCUT2D eigenvalue weighted by Crippen LogP contribution is 2.35. The lowest BCUT2D eigenvalue weighted by atomic mass is 9.96. The van der Waals surface area contributed by atoms with Crippen molar-refractivity contribution in [2.75, 3.05) is 19.8 Å². The van der Waals surface area contributed by atoms with E-state index >= 15 is 0 Å². The van der Waals surface area contributed by atoms with Gasteiger partial charge in [0.25, 0.3) is 0 Å². The summed E-state index contributed by atoms with van der Waals surface area (Å²) in [5, 5.41) is 0. The zero-order valence-corrected chi connectivity index (χ0v) is 15.8. The molecule has 2 aromatic carbocycles. The number of nitrogens with one attached hydrogen (secondary N) is 1. The highest BCUT2D eigenvalue weighted by atomic mass is 16.5. The maximum atomic E-state index is 6.17. The van der Waals surface area contributed by atoms with Crippen LogP contribution >= 0.6 is 0 Å². The highest BCUT2D eigenvalue weighted by Gasteiger charge is 2.25. The van der Waals surface area contributed by atoms with Crippen molar-refractivity contribution < 1.29 is 14.2 Å². The SMILES string of the molecule is c1ccc(-c2c[nH]c(C3COc4ccc(OC5CCOCC5)cc4C3)n2)cc1. The van der Waals surface area contributed by atoms with Crippen LogP contribution in [0.15, 0.2) is 54.7 Å². The molecule has 5 nitrogen and oxygen atoms in total. The molecule has 1 atom stereocenters. The molecule has 0 radical (unpaired) electrons. The molecule has 1 N–H and O–H groups in total. The van der Waals surface area contributed by atoms with Crippen LogP contribution in [-0.4, -0.2) is 35.9 Å². The number of benzene rings is 2. The molecule has 0 amide bonds. The van der Waals surface area contributed by atoms with Gasteiger partial charge in [0.1, 0.15) is 23.4 Å². The van der Waals surface area contributed by atoms with E-state index in [0.717, 1.165) is 61.1 Å². The Labute approximate surface area is 164 Å². The topological polar surface area (TPSA) is 56.4 Å².